The van der Waals surface area contributed by atoms with Gasteiger partial charge < -0.3 is 5.32 Å². The lowest BCUT2D eigenvalue weighted by molar-refractivity contribution is 0.764. The van der Waals surface area contributed by atoms with E-state index in [-0.39, 0.29) is 0 Å². The summed E-state index contributed by atoms with van der Waals surface area (Å²) in [4.78, 5) is 0. The highest BCUT2D eigenvalue weighted by molar-refractivity contribution is 14.1. The Morgan fingerprint density at radius 1 is 1.16 bits per heavy atom. The SMILES string of the molecule is Clc1cccc(-c2ccc(I)cc2C2CCNC2)c1. The van der Waals surface area contributed by atoms with Gasteiger partial charge in [0.2, 0.25) is 0 Å². The lowest BCUT2D eigenvalue weighted by Gasteiger charge is -2.16. The maximum Gasteiger partial charge on any atom is 0.0412 e. The molecule has 0 bridgehead atoms. The van der Waals surface area contributed by atoms with Gasteiger partial charge in [-0.2, -0.15) is 0 Å². The zero-order chi connectivity index (χ0) is 13.2. The number of benzene rings is 2. The second-order valence-corrected chi connectivity index (χ2v) is 6.61. The molecule has 1 saturated heterocycles. The second-order valence-electron chi connectivity index (χ2n) is 4.93. The molecule has 98 valence electrons. The van der Waals surface area contributed by atoms with Crippen LogP contribution in [0.1, 0.15) is 17.9 Å². The van der Waals surface area contributed by atoms with Crippen molar-refractivity contribution in [2.75, 3.05) is 13.1 Å². The molecule has 1 fully saturated rings. The predicted molar refractivity (Wildman–Crippen MR) is 89.8 cm³/mol. The highest BCUT2D eigenvalue weighted by Gasteiger charge is 2.20. The molecular weight excluding hydrogens is 369 g/mol. The quantitative estimate of drug-likeness (QED) is 0.742. The first-order chi connectivity index (χ1) is 9.24. The molecule has 0 spiro atoms. The van der Waals surface area contributed by atoms with Crippen molar-refractivity contribution in [3.05, 3.63) is 56.6 Å². The highest BCUT2D eigenvalue weighted by Crippen LogP contribution is 2.34. The van der Waals surface area contributed by atoms with Crippen molar-refractivity contribution >= 4 is 34.2 Å². The van der Waals surface area contributed by atoms with Crippen LogP contribution in [0.5, 0.6) is 0 Å². The fourth-order valence-electron chi connectivity index (χ4n) is 2.71. The fourth-order valence-corrected chi connectivity index (χ4v) is 3.42. The molecule has 2 aromatic rings. The molecule has 1 nitrogen and oxygen atoms in total. The lowest BCUT2D eigenvalue weighted by Crippen LogP contribution is -2.08. The Morgan fingerprint density at radius 3 is 2.79 bits per heavy atom. The van der Waals surface area contributed by atoms with E-state index in [1.165, 1.54) is 26.7 Å². The van der Waals surface area contributed by atoms with Crippen LogP contribution in [0.25, 0.3) is 11.1 Å². The third kappa shape index (κ3) is 2.96. The number of halogens is 2. The van der Waals surface area contributed by atoms with E-state index in [1.54, 1.807) is 0 Å². The highest BCUT2D eigenvalue weighted by atomic mass is 127. The van der Waals surface area contributed by atoms with Gasteiger partial charge in [-0.15, -0.1) is 0 Å². The van der Waals surface area contributed by atoms with Crippen molar-refractivity contribution in [2.45, 2.75) is 12.3 Å². The summed E-state index contributed by atoms with van der Waals surface area (Å²) in [6, 6.07) is 14.8. The van der Waals surface area contributed by atoms with Crippen molar-refractivity contribution in [2.24, 2.45) is 0 Å². The summed E-state index contributed by atoms with van der Waals surface area (Å²) in [7, 11) is 0. The Labute approximate surface area is 132 Å². The predicted octanol–water partition coefficient (Wildman–Crippen LogP) is 4.69. The van der Waals surface area contributed by atoms with Gasteiger partial charge in [0.05, 0.1) is 0 Å². The Bertz CT molecular complexity index is 591. The first kappa shape index (κ1) is 13.4. The molecule has 0 saturated carbocycles. The van der Waals surface area contributed by atoms with Gasteiger partial charge in [-0.05, 0) is 82.4 Å². The Balaban J connectivity index is 2.09. The van der Waals surface area contributed by atoms with Crippen LogP contribution in [0, 0.1) is 3.57 Å². The van der Waals surface area contributed by atoms with E-state index < -0.39 is 0 Å². The van der Waals surface area contributed by atoms with Crippen molar-refractivity contribution in [1.29, 1.82) is 0 Å². The van der Waals surface area contributed by atoms with Gasteiger partial charge in [0, 0.05) is 15.1 Å². The third-order valence-electron chi connectivity index (χ3n) is 3.65. The lowest BCUT2D eigenvalue weighted by atomic mass is 9.90. The van der Waals surface area contributed by atoms with Gasteiger partial charge in [-0.3, -0.25) is 0 Å². The van der Waals surface area contributed by atoms with Crippen LogP contribution in [0.4, 0.5) is 0 Å². The molecule has 1 heterocycles. The van der Waals surface area contributed by atoms with Gasteiger partial charge in [-0.1, -0.05) is 29.8 Å². The molecule has 3 rings (SSSR count). The molecule has 2 aromatic carbocycles. The van der Waals surface area contributed by atoms with Gasteiger partial charge in [-0.25, -0.2) is 0 Å². The van der Waals surface area contributed by atoms with Crippen LogP contribution in [0.2, 0.25) is 5.02 Å². The first-order valence-corrected chi connectivity index (χ1v) is 7.96. The summed E-state index contributed by atoms with van der Waals surface area (Å²) < 4.78 is 1.30. The molecular formula is C16H15ClIN. The maximum absolute atomic E-state index is 6.12. The van der Waals surface area contributed by atoms with Gasteiger partial charge >= 0.3 is 0 Å². The molecule has 1 aliphatic heterocycles. The van der Waals surface area contributed by atoms with E-state index in [4.69, 9.17) is 11.6 Å². The molecule has 0 aromatic heterocycles. The summed E-state index contributed by atoms with van der Waals surface area (Å²) >= 11 is 8.51. The summed E-state index contributed by atoms with van der Waals surface area (Å²) in [6.45, 7) is 2.19. The Kier molecular flexibility index (Phi) is 4.10. The Morgan fingerprint density at radius 2 is 2.05 bits per heavy atom. The molecule has 19 heavy (non-hydrogen) atoms. The van der Waals surface area contributed by atoms with Crippen molar-refractivity contribution in [1.82, 2.24) is 5.32 Å². The van der Waals surface area contributed by atoms with Gasteiger partial charge in [0.1, 0.15) is 0 Å². The average Bonchev–Trinajstić information content (AvgIpc) is 2.92. The molecule has 1 N–H and O–H groups in total. The molecule has 0 aliphatic carbocycles. The minimum atomic E-state index is 0.615. The number of hydrogen-bond donors (Lipinski definition) is 1. The van der Waals surface area contributed by atoms with Crippen molar-refractivity contribution < 1.29 is 0 Å². The minimum Gasteiger partial charge on any atom is -0.316 e. The second kappa shape index (κ2) is 5.81. The van der Waals surface area contributed by atoms with E-state index in [0.29, 0.717) is 5.92 Å². The van der Waals surface area contributed by atoms with Crippen LogP contribution >= 0.6 is 34.2 Å². The summed E-state index contributed by atoms with van der Waals surface area (Å²) in [5.41, 5.74) is 3.97. The maximum atomic E-state index is 6.12. The van der Waals surface area contributed by atoms with Crippen LogP contribution in [0.3, 0.4) is 0 Å². The average molecular weight is 384 g/mol. The monoisotopic (exact) mass is 383 g/mol. The van der Waals surface area contributed by atoms with Crippen LogP contribution in [-0.2, 0) is 0 Å². The number of rotatable bonds is 2. The molecule has 1 aliphatic rings. The Hall–Kier alpha value is -0.580. The smallest absolute Gasteiger partial charge is 0.0412 e. The largest absolute Gasteiger partial charge is 0.316 e. The van der Waals surface area contributed by atoms with Crippen LogP contribution < -0.4 is 5.32 Å². The van der Waals surface area contributed by atoms with Gasteiger partial charge in [0.15, 0.2) is 0 Å². The number of hydrogen-bond acceptors (Lipinski definition) is 1. The normalized spacial score (nSPS) is 18.7. The zero-order valence-corrected chi connectivity index (χ0v) is 13.4. The topological polar surface area (TPSA) is 12.0 Å². The molecule has 0 amide bonds. The zero-order valence-electron chi connectivity index (χ0n) is 10.5. The van der Waals surface area contributed by atoms with E-state index in [9.17, 15) is 0 Å². The molecule has 1 unspecified atom stereocenters. The van der Waals surface area contributed by atoms with E-state index in [0.717, 1.165) is 18.1 Å². The van der Waals surface area contributed by atoms with Crippen LogP contribution in [-0.4, -0.2) is 13.1 Å². The van der Waals surface area contributed by atoms with E-state index in [2.05, 4.69) is 58.2 Å². The van der Waals surface area contributed by atoms with Crippen LogP contribution in [0.15, 0.2) is 42.5 Å². The minimum absolute atomic E-state index is 0.615. The van der Waals surface area contributed by atoms with E-state index in [1.807, 2.05) is 12.1 Å². The molecule has 0 radical (unpaired) electrons. The summed E-state index contributed by atoms with van der Waals surface area (Å²) in [5.74, 6) is 0.615. The fraction of sp³-hybridized carbons (Fsp3) is 0.250. The standard InChI is InChI=1S/C16H15ClIN/c17-13-3-1-2-11(8-13)15-5-4-14(18)9-16(15)12-6-7-19-10-12/h1-5,8-9,12,19H,6-7,10H2. The molecule has 1 atom stereocenters. The van der Waals surface area contributed by atoms with Gasteiger partial charge in [0.25, 0.3) is 0 Å². The summed E-state index contributed by atoms with van der Waals surface area (Å²) in [5, 5.41) is 4.25. The third-order valence-corrected chi connectivity index (χ3v) is 4.56. The summed E-state index contributed by atoms with van der Waals surface area (Å²) in [6.07, 6.45) is 1.22. The van der Waals surface area contributed by atoms with Crippen molar-refractivity contribution in [3.8, 4) is 11.1 Å². The van der Waals surface area contributed by atoms with E-state index >= 15 is 0 Å². The molecule has 3 heteroatoms. The van der Waals surface area contributed by atoms with Crippen molar-refractivity contribution in [3.63, 3.8) is 0 Å². The number of nitrogens with one attached hydrogen (secondary N) is 1. The first-order valence-electron chi connectivity index (χ1n) is 6.50.